The molecule has 0 aliphatic rings. The summed E-state index contributed by atoms with van der Waals surface area (Å²) in [5, 5.41) is 2.84. The van der Waals surface area contributed by atoms with Crippen LogP contribution in [0, 0.1) is 18.1 Å². The molecule has 1 rings (SSSR count). The average molecular weight is 323 g/mol. The minimum atomic E-state index is -3.55. The number of thioether (sulfide) groups is 1. The molecule has 3 nitrogen and oxygen atoms in total. The zero-order valence-electron chi connectivity index (χ0n) is 12.8. The maximum absolute atomic E-state index is 12.8. The zero-order valence-corrected chi connectivity index (χ0v) is 14.5. The highest BCUT2D eigenvalue weighted by molar-refractivity contribution is 8.03. The van der Waals surface area contributed by atoms with Crippen molar-refractivity contribution < 1.29 is 8.42 Å². The second kappa shape index (κ2) is 8.28. The van der Waals surface area contributed by atoms with Crippen LogP contribution in [0.25, 0.3) is 0 Å². The van der Waals surface area contributed by atoms with Gasteiger partial charge in [0.1, 0.15) is 0 Å². The molecule has 0 aliphatic heterocycles. The number of sulfonamides is 1. The Balaban J connectivity index is 3.18. The Hall–Kier alpha value is -1.22. The van der Waals surface area contributed by atoms with Crippen LogP contribution in [0.2, 0.25) is 0 Å². The molecule has 0 aliphatic carbocycles. The maximum atomic E-state index is 12.8. The average Bonchev–Trinajstić information content (AvgIpc) is 2.44. The largest absolute Gasteiger partial charge is 0.244 e. The smallest absolute Gasteiger partial charge is 0.207 e. The van der Waals surface area contributed by atoms with Crippen LogP contribution in [-0.2, 0) is 10.0 Å². The zero-order chi connectivity index (χ0) is 15.9. The first kappa shape index (κ1) is 17.8. The van der Waals surface area contributed by atoms with Crippen LogP contribution >= 0.6 is 11.8 Å². The van der Waals surface area contributed by atoms with Crippen LogP contribution in [0.3, 0.4) is 0 Å². The molecule has 1 unspecified atom stereocenters. The summed E-state index contributed by atoms with van der Waals surface area (Å²) in [6, 6.07) is 6.65. The molecule has 0 heterocycles. The highest BCUT2D eigenvalue weighted by Crippen LogP contribution is 2.19. The fourth-order valence-electron chi connectivity index (χ4n) is 1.85. The Morgan fingerprint density at radius 1 is 1.33 bits per heavy atom. The summed E-state index contributed by atoms with van der Waals surface area (Å²) in [5.41, 5.74) is 1.03. The molecular formula is C16H21NO2S2. The monoisotopic (exact) mass is 323 g/mol. The number of allylic oxidation sites excluding steroid dienone is 1. The highest BCUT2D eigenvalue weighted by Gasteiger charge is 2.27. The van der Waals surface area contributed by atoms with Crippen LogP contribution in [-0.4, -0.2) is 31.6 Å². The van der Waals surface area contributed by atoms with Gasteiger partial charge in [0.2, 0.25) is 10.0 Å². The van der Waals surface area contributed by atoms with Crippen LogP contribution in [0.15, 0.2) is 41.3 Å². The normalized spacial score (nSPS) is 13.2. The van der Waals surface area contributed by atoms with Gasteiger partial charge in [0.05, 0.1) is 11.4 Å². The second-order valence-corrected chi connectivity index (χ2v) is 7.12. The maximum Gasteiger partial charge on any atom is 0.244 e. The number of hydrogen-bond donors (Lipinski definition) is 0. The number of aryl methyl sites for hydroxylation is 1. The second-order valence-electron chi connectivity index (χ2n) is 4.61. The molecule has 1 atom stereocenters. The Kier molecular flexibility index (Phi) is 7.03. The minimum Gasteiger partial charge on any atom is -0.207 e. The fraction of sp³-hybridized carbons (Fsp3) is 0.375. The highest BCUT2D eigenvalue weighted by atomic mass is 32.2. The minimum absolute atomic E-state index is 0.183. The molecule has 0 bridgehead atoms. The lowest BCUT2D eigenvalue weighted by Crippen LogP contribution is -2.37. The van der Waals surface area contributed by atoms with Crippen molar-refractivity contribution in [2.45, 2.75) is 31.7 Å². The van der Waals surface area contributed by atoms with Gasteiger partial charge in [-0.2, -0.15) is 4.31 Å². The van der Waals surface area contributed by atoms with Crippen molar-refractivity contribution in [3.8, 4) is 11.2 Å². The first-order valence-electron chi connectivity index (χ1n) is 6.65. The van der Waals surface area contributed by atoms with Gasteiger partial charge in [-0.3, -0.25) is 0 Å². The SMILES string of the molecule is C/C=C\C(C)N(CC#CSC)S(=O)(=O)c1ccc(C)cc1. The molecule has 5 heteroatoms. The molecule has 0 amide bonds. The van der Waals surface area contributed by atoms with Crippen molar-refractivity contribution in [3.63, 3.8) is 0 Å². The summed E-state index contributed by atoms with van der Waals surface area (Å²) in [5.74, 6) is 2.89. The van der Waals surface area contributed by atoms with Gasteiger partial charge in [0.25, 0.3) is 0 Å². The van der Waals surface area contributed by atoms with Gasteiger partial charge in [-0.05, 0) is 44.4 Å². The first-order valence-corrected chi connectivity index (χ1v) is 9.32. The van der Waals surface area contributed by atoms with E-state index in [-0.39, 0.29) is 12.6 Å². The van der Waals surface area contributed by atoms with Crippen molar-refractivity contribution in [2.24, 2.45) is 0 Å². The van der Waals surface area contributed by atoms with E-state index in [1.165, 1.54) is 16.1 Å². The molecule has 0 N–H and O–H groups in total. The van der Waals surface area contributed by atoms with E-state index in [0.29, 0.717) is 4.90 Å². The Labute approximate surface area is 132 Å². The summed E-state index contributed by atoms with van der Waals surface area (Å²) >= 11 is 1.38. The van der Waals surface area contributed by atoms with Crippen molar-refractivity contribution in [3.05, 3.63) is 42.0 Å². The quantitative estimate of drug-likeness (QED) is 0.616. The topological polar surface area (TPSA) is 37.4 Å². The van der Waals surface area contributed by atoms with E-state index >= 15 is 0 Å². The van der Waals surface area contributed by atoms with Crippen molar-refractivity contribution in [2.75, 3.05) is 12.8 Å². The van der Waals surface area contributed by atoms with E-state index in [4.69, 9.17) is 0 Å². The number of benzene rings is 1. The molecule has 0 saturated heterocycles. The molecule has 0 fully saturated rings. The number of nitrogens with zero attached hydrogens (tertiary/aromatic N) is 1. The summed E-state index contributed by atoms with van der Waals surface area (Å²) in [7, 11) is -3.55. The molecule has 0 spiro atoms. The summed E-state index contributed by atoms with van der Waals surface area (Å²) < 4.78 is 27.0. The predicted molar refractivity (Wildman–Crippen MR) is 90.6 cm³/mol. The molecule has 1 aromatic carbocycles. The fourth-order valence-corrected chi connectivity index (χ4v) is 3.55. The van der Waals surface area contributed by atoms with Crippen molar-refractivity contribution in [1.29, 1.82) is 0 Å². The van der Waals surface area contributed by atoms with Crippen molar-refractivity contribution in [1.82, 2.24) is 4.31 Å². The Morgan fingerprint density at radius 2 is 1.95 bits per heavy atom. The first-order chi connectivity index (χ1) is 9.93. The molecule has 21 heavy (non-hydrogen) atoms. The number of rotatable bonds is 5. The van der Waals surface area contributed by atoms with Gasteiger partial charge in [-0.15, -0.1) is 0 Å². The molecule has 1 aromatic rings. The van der Waals surface area contributed by atoms with Crippen LogP contribution in [0.5, 0.6) is 0 Å². The van der Waals surface area contributed by atoms with E-state index in [0.717, 1.165) is 5.56 Å². The van der Waals surface area contributed by atoms with Gasteiger partial charge in [0, 0.05) is 6.04 Å². The lowest BCUT2D eigenvalue weighted by molar-refractivity contribution is 0.412. The van der Waals surface area contributed by atoms with Crippen LogP contribution in [0.4, 0.5) is 0 Å². The molecular weight excluding hydrogens is 302 g/mol. The van der Waals surface area contributed by atoms with Gasteiger partial charge in [-0.1, -0.05) is 47.5 Å². The molecule has 0 saturated carbocycles. The van der Waals surface area contributed by atoms with Crippen LogP contribution < -0.4 is 0 Å². The van der Waals surface area contributed by atoms with E-state index in [2.05, 4.69) is 11.2 Å². The predicted octanol–water partition coefficient (Wildman–Crippen LogP) is 3.27. The standard InChI is InChI=1S/C16H21NO2S2/c1-5-7-15(3)17(12-6-13-20-4)21(18,19)16-10-8-14(2)9-11-16/h5,7-11,15H,12H2,1-4H3/b7-5-. The Bertz CT molecular complexity index is 637. The lowest BCUT2D eigenvalue weighted by atomic mass is 10.2. The summed E-state index contributed by atoms with van der Waals surface area (Å²) in [4.78, 5) is 0.301. The lowest BCUT2D eigenvalue weighted by Gasteiger charge is -2.24. The summed E-state index contributed by atoms with van der Waals surface area (Å²) in [6.45, 7) is 5.84. The van der Waals surface area contributed by atoms with Gasteiger partial charge in [0.15, 0.2) is 0 Å². The third-order valence-corrected chi connectivity index (χ3v) is 5.26. The molecule has 0 aromatic heterocycles. The van der Waals surface area contributed by atoms with Gasteiger partial charge >= 0.3 is 0 Å². The van der Waals surface area contributed by atoms with Gasteiger partial charge in [-0.25, -0.2) is 8.42 Å². The van der Waals surface area contributed by atoms with Crippen LogP contribution in [0.1, 0.15) is 19.4 Å². The number of hydrogen-bond acceptors (Lipinski definition) is 3. The Morgan fingerprint density at radius 3 is 2.48 bits per heavy atom. The third-order valence-electron chi connectivity index (χ3n) is 2.96. The van der Waals surface area contributed by atoms with E-state index in [9.17, 15) is 8.42 Å². The van der Waals surface area contributed by atoms with Gasteiger partial charge < -0.3 is 0 Å². The van der Waals surface area contributed by atoms with Crippen molar-refractivity contribution >= 4 is 21.8 Å². The van der Waals surface area contributed by atoms with E-state index in [1.807, 2.05) is 39.2 Å². The van der Waals surface area contributed by atoms with E-state index in [1.54, 1.807) is 24.3 Å². The summed E-state index contributed by atoms with van der Waals surface area (Å²) in [6.07, 6.45) is 5.57. The third kappa shape index (κ3) is 4.92. The molecule has 114 valence electrons. The molecule has 0 radical (unpaired) electrons. The van der Waals surface area contributed by atoms with E-state index < -0.39 is 10.0 Å².